The van der Waals surface area contributed by atoms with Gasteiger partial charge in [0.2, 0.25) is 0 Å². The minimum atomic E-state index is -1.31. The van der Waals surface area contributed by atoms with Gasteiger partial charge in [-0.1, -0.05) is 55.2 Å². The predicted octanol–water partition coefficient (Wildman–Crippen LogP) is 7.15. The number of ether oxygens (including phenoxy) is 2. The van der Waals surface area contributed by atoms with Crippen molar-refractivity contribution in [3.63, 3.8) is 0 Å². The Bertz CT molecular complexity index is 1660. The molecule has 4 aromatic rings. The fourth-order valence-electron chi connectivity index (χ4n) is 5.17. The number of carbonyl (C=O) groups is 2. The lowest BCUT2D eigenvalue weighted by molar-refractivity contribution is 0.00623. The van der Waals surface area contributed by atoms with Gasteiger partial charge in [-0.2, -0.15) is 0 Å². The zero-order valence-electron chi connectivity index (χ0n) is 27.6. The van der Waals surface area contributed by atoms with Crippen LogP contribution >= 0.6 is 22.7 Å². The van der Waals surface area contributed by atoms with E-state index in [-0.39, 0.29) is 19.2 Å². The topological polar surface area (TPSA) is 105 Å². The number of carbonyl (C=O) groups excluding carboxylic acids is 2. The summed E-state index contributed by atoms with van der Waals surface area (Å²) < 4.78 is 12.8. The van der Waals surface area contributed by atoms with Gasteiger partial charge in [0, 0.05) is 44.8 Å². The Hall–Kier alpha value is -3.16. The molecule has 0 atom stereocenters. The van der Waals surface area contributed by atoms with Crippen LogP contribution < -0.4 is 9.80 Å². The Kier molecular flexibility index (Phi) is 10.6. The first-order valence-electron chi connectivity index (χ1n) is 15.8. The highest BCUT2D eigenvalue weighted by molar-refractivity contribution is 7.22. The number of anilines is 2. The molecular formula is C34H44N4O5S2Si. The number of benzene rings is 2. The molecule has 0 unspecified atom stereocenters. The zero-order valence-corrected chi connectivity index (χ0v) is 30.2. The molecule has 0 bridgehead atoms. The number of fused-ring (bicyclic) bond motifs is 2. The summed E-state index contributed by atoms with van der Waals surface area (Å²) in [6, 6.07) is 14.8. The van der Waals surface area contributed by atoms with Gasteiger partial charge in [-0.25, -0.2) is 14.8 Å². The van der Waals surface area contributed by atoms with Gasteiger partial charge in [0.05, 0.1) is 10.2 Å². The van der Waals surface area contributed by atoms with Gasteiger partial charge in [-0.3, -0.25) is 9.69 Å². The van der Waals surface area contributed by atoms with Crippen LogP contribution in [0, 0.1) is 0 Å². The minimum absolute atomic E-state index is 0.0244. The molecule has 12 heteroatoms. The highest BCUT2D eigenvalue weighted by Gasteiger charge is 2.30. The normalized spacial score (nSPS) is 13.6. The molecule has 0 fully saturated rings. The lowest BCUT2D eigenvalue weighted by Gasteiger charge is -2.31. The molecule has 1 N–H and O–H groups in total. The predicted molar refractivity (Wildman–Crippen MR) is 189 cm³/mol. The van der Waals surface area contributed by atoms with Crippen LogP contribution in [0.25, 0.3) is 10.2 Å². The number of rotatable bonds is 12. The van der Waals surface area contributed by atoms with Crippen molar-refractivity contribution in [2.75, 3.05) is 36.3 Å². The number of para-hydroxylation sites is 1. The van der Waals surface area contributed by atoms with E-state index in [9.17, 15) is 14.7 Å². The summed E-state index contributed by atoms with van der Waals surface area (Å²) in [6.07, 6.45) is 1.80. The van der Waals surface area contributed by atoms with E-state index in [2.05, 4.69) is 30.6 Å². The van der Waals surface area contributed by atoms with Crippen molar-refractivity contribution in [3.05, 3.63) is 69.7 Å². The van der Waals surface area contributed by atoms with Crippen LogP contribution in [-0.4, -0.2) is 67.1 Å². The summed E-state index contributed by atoms with van der Waals surface area (Å²) in [6.45, 7) is 14.3. The lowest BCUT2D eigenvalue weighted by atomic mass is 9.94. The number of hydrogen-bond donors (Lipinski definition) is 1. The molecule has 1 amide bonds. The van der Waals surface area contributed by atoms with Crippen LogP contribution in [0.2, 0.25) is 25.7 Å². The molecule has 5 rings (SSSR count). The summed E-state index contributed by atoms with van der Waals surface area (Å²) in [7, 11) is -1.31. The third kappa shape index (κ3) is 8.40. The molecule has 246 valence electrons. The number of esters is 1. The molecule has 46 heavy (non-hydrogen) atoms. The lowest BCUT2D eigenvalue weighted by Crippen LogP contribution is -2.37. The van der Waals surface area contributed by atoms with Crippen LogP contribution in [-0.2, 0) is 28.9 Å². The summed E-state index contributed by atoms with van der Waals surface area (Å²) >= 11 is 2.94. The monoisotopic (exact) mass is 680 g/mol. The number of thiazole rings is 2. The van der Waals surface area contributed by atoms with Crippen molar-refractivity contribution in [1.29, 1.82) is 0 Å². The zero-order chi connectivity index (χ0) is 33.1. The van der Waals surface area contributed by atoms with Crippen molar-refractivity contribution in [3.8, 4) is 0 Å². The molecule has 0 radical (unpaired) electrons. The van der Waals surface area contributed by atoms with Crippen LogP contribution in [0.1, 0.15) is 64.0 Å². The summed E-state index contributed by atoms with van der Waals surface area (Å²) in [5.74, 6) is -0.611. The van der Waals surface area contributed by atoms with Crippen LogP contribution in [0.4, 0.5) is 10.3 Å². The standard InChI is InChI=1S/C34H44N4O5S2Si/c1-34(2,3)43-31(41)29-28(15-10-18-39)45-32(36-29)37-17-16-23-11-9-12-24(25(23)21-37)30(40)38(22-42-19-20-46(4,5)6)33-35-26-13-7-8-14-27(26)44-33/h7-9,11-14,39H,10,15-22H2,1-6H3. The largest absolute Gasteiger partial charge is 0.455 e. The molecule has 2 aromatic heterocycles. The average Bonchev–Trinajstić information content (AvgIpc) is 3.62. The number of hydrogen-bond acceptors (Lipinski definition) is 10. The van der Waals surface area contributed by atoms with Crippen molar-refractivity contribution in [2.24, 2.45) is 0 Å². The third-order valence-electron chi connectivity index (χ3n) is 7.59. The number of nitrogens with zero attached hydrogens (tertiary/aromatic N) is 4. The van der Waals surface area contributed by atoms with Crippen molar-refractivity contribution >= 4 is 63.1 Å². The van der Waals surface area contributed by atoms with Gasteiger partial charge >= 0.3 is 5.97 Å². The van der Waals surface area contributed by atoms with Crippen molar-refractivity contribution < 1.29 is 24.2 Å². The summed E-state index contributed by atoms with van der Waals surface area (Å²) in [4.78, 5) is 41.7. The first-order valence-corrected chi connectivity index (χ1v) is 21.1. The smallest absolute Gasteiger partial charge is 0.358 e. The van der Waals surface area contributed by atoms with E-state index in [1.54, 1.807) is 4.90 Å². The van der Waals surface area contributed by atoms with Gasteiger partial charge in [-0.15, -0.1) is 11.3 Å². The number of aliphatic hydroxyl groups is 1. The highest BCUT2D eigenvalue weighted by Crippen LogP contribution is 2.35. The Morgan fingerprint density at radius 1 is 1.07 bits per heavy atom. The van der Waals surface area contributed by atoms with Gasteiger partial charge in [0.25, 0.3) is 5.91 Å². The number of aromatic nitrogens is 2. The fourth-order valence-corrected chi connectivity index (χ4v) is 7.99. The van der Waals surface area contributed by atoms with E-state index in [1.807, 2.05) is 57.2 Å². The molecule has 3 heterocycles. The summed E-state index contributed by atoms with van der Waals surface area (Å²) in [5.41, 5.74) is 3.18. The molecule has 0 aliphatic carbocycles. The van der Waals surface area contributed by atoms with Gasteiger partial charge in [0.15, 0.2) is 16.0 Å². The van der Waals surface area contributed by atoms with E-state index < -0.39 is 19.6 Å². The minimum Gasteiger partial charge on any atom is -0.455 e. The summed E-state index contributed by atoms with van der Waals surface area (Å²) in [5, 5.41) is 10.8. The van der Waals surface area contributed by atoms with Crippen molar-refractivity contribution in [1.82, 2.24) is 9.97 Å². The first kappa shape index (κ1) is 34.2. The fraction of sp³-hybridized carbons (Fsp3) is 0.471. The molecule has 2 aromatic carbocycles. The average molecular weight is 681 g/mol. The second-order valence-electron chi connectivity index (χ2n) is 13.8. The number of aryl methyl sites for hydroxylation is 1. The molecule has 0 saturated heterocycles. The maximum absolute atomic E-state index is 14.4. The molecule has 0 spiro atoms. The SMILES string of the molecule is CC(C)(C)OC(=O)c1nc(N2CCc3cccc(C(=O)N(COCC[Si](C)(C)C)c4nc5ccccc5s4)c3C2)sc1CCCO. The van der Waals surface area contributed by atoms with Gasteiger partial charge in [0.1, 0.15) is 12.3 Å². The molecule has 9 nitrogen and oxygen atoms in total. The quantitative estimate of drug-likeness (QED) is 0.0728. The van der Waals surface area contributed by atoms with Crippen molar-refractivity contribution in [2.45, 2.75) is 77.9 Å². The Morgan fingerprint density at radius 3 is 2.57 bits per heavy atom. The van der Waals surface area contributed by atoms with E-state index in [1.165, 1.54) is 22.7 Å². The molecule has 0 saturated carbocycles. The Labute approximate surface area is 280 Å². The Morgan fingerprint density at radius 2 is 1.85 bits per heavy atom. The van der Waals surface area contributed by atoms with Crippen LogP contribution in [0.3, 0.4) is 0 Å². The number of aliphatic hydroxyl groups excluding tert-OH is 1. The first-order chi connectivity index (χ1) is 21.8. The third-order valence-corrected chi connectivity index (χ3v) is 11.5. The van der Waals surface area contributed by atoms with Gasteiger partial charge < -0.3 is 19.5 Å². The van der Waals surface area contributed by atoms with E-state index in [0.29, 0.717) is 54.1 Å². The van der Waals surface area contributed by atoms with Crippen LogP contribution in [0.5, 0.6) is 0 Å². The second kappa shape index (κ2) is 14.3. The van der Waals surface area contributed by atoms with E-state index in [4.69, 9.17) is 19.4 Å². The molecule has 1 aliphatic rings. The number of amides is 1. The maximum Gasteiger partial charge on any atom is 0.358 e. The maximum atomic E-state index is 14.4. The second-order valence-corrected chi connectivity index (χ2v) is 21.4. The molecular weight excluding hydrogens is 637 g/mol. The highest BCUT2D eigenvalue weighted by atomic mass is 32.1. The Balaban J connectivity index is 1.44. The van der Waals surface area contributed by atoms with Crippen LogP contribution in [0.15, 0.2) is 42.5 Å². The molecule has 1 aliphatic heterocycles. The van der Waals surface area contributed by atoms with Gasteiger partial charge in [-0.05, 0) is 75.4 Å². The van der Waals surface area contributed by atoms with E-state index in [0.717, 1.165) is 38.7 Å². The van der Waals surface area contributed by atoms with E-state index >= 15 is 0 Å².